The first kappa shape index (κ1) is 16.2. The van der Waals surface area contributed by atoms with E-state index in [0.717, 1.165) is 5.56 Å². The van der Waals surface area contributed by atoms with Crippen LogP contribution in [0.25, 0.3) is 0 Å². The number of hydrogen-bond acceptors (Lipinski definition) is 3. The summed E-state index contributed by atoms with van der Waals surface area (Å²) in [5, 5.41) is 9.03. The zero-order chi connectivity index (χ0) is 16.0. The van der Waals surface area contributed by atoms with Crippen molar-refractivity contribution in [2.24, 2.45) is 5.92 Å². The third-order valence-corrected chi connectivity index (χ3v) is 5.29. The van der Waals surface area contributed by atoms with Crippen LogP contribution < -0.4 is 0 Å². The second-order valence-electron chi connectivity index (χ2n) is 5.25. The normalized spacial score (nSPS) is 12.7. The summed E-state index contributed by atoms with van der Waals surface area (Å²) < 4.78 is 24.8. The first-order chi connectivity index (χ1) is 10.5. The molecular formula is C17H18O4S. The highest BCUT2D eigenvalue weighted by Gasteiger charge is 2.23. The van der Waals surface area contributed by atoms with E-state index < -0.39 is 21.7 Å². The fourth-order valence-corrected chi connectivity index (χ4v) is 4.04. The maximum atomic E-state index is 12.4. The molecule has 0 saturated heterocycles. The Morgan fingerprint density at radius 3 is 2.05 bits per heavy atom. The molecule has 0 aliphatic rings. The number of rotatable bonds is 7. The number of carboxylic acids is 1. The van der Waals surface area contributed by atoms with Crippen LogP contribution in [0.4, 0.5) is 0 Å². The number of aliphatic carboxylic acids is 1. The molecule has 5 heteroatoms. The molecule has 2 aromatic rings. The zero-order valence-electron chi connectivity index (χ0n) is 12.1. The lowest BCUT2D eigenvalue weighted by Gasteiger charge is -2.15. The van der Waals surface area contributed by atoms with Crippen molar-refractivity contribution in [2.45, 2.75) is 17.7 Å². The first-order valence-electron chi connectivity index (χ1n) is 7.01. The predicted molar refractivity (Wildman–Crippen MR) is 84.4 cm³/mol. The topological polar surface area (TPSA) is 71.4 Å². The van der Waals surface area contributed by atoms with E-state index >= 15 is 0 Å². The van der Waals surface area contributed by atoms with E-state index in [9.17, 15) is 13.2 Å². The molecule has 1 atom stereocenters. The molecule has 116 valence electrons. The van der Waals surface area contributed by atoms with Crippen molar-refractivity contribution in [1.29, 1.82) is 0 Å². The van der Waals surface area contributed by atoms with E-state index in [1.807, 2.05) is 30.3 Å². The van der Waals surface area contributed by atoms with Crippen LogP contribution in [0.2, 0.25) is 0 Å². The van der Waals surface area contributed by atoms with E-state index in [2.05, 4.69) is 0 Å². The summed E-state index contributed by atoms with van der Waals surface area (Å²) in [6.07, 6.45) is 0.264. The molecule has 0 heterocycles. The van der Waals surface area contributed by atoms with Gasteiger partial charge in [0.15, 0.2) is 9.84 Å². The molecule has 0 amide bonds. The second kappa shape index (κ2) is 7.22. The number of carbonyl (C=O) groups is 1. The van der Waals surface area contributed by atoms with Gasteiger partial charge in [0.25, 0.3) is 0 Å². The Labute approximate surface area is 130 Å². The maximum Gasteiger partial charge on any atom is 0.303 e. The minimum Gasteiger partial charge on any atom is -0.481 e. The van der Waals surface area contributed by atoms with Crippen LogP contribution in [0.1, 0.15) is 12.0 Å². The van der Waals surface area contributed by atoms with Gasteiger partial charge in [0, 0.05) is 6.42 Å². The molecule has 0 bridgehead atoms. The van der Waals surface area contributed by atoms with Crippen LogP contribution in [-0.2, 0) is 21.1 Å². The maximum absolute atomic E-state index is 12.4. The molecule has 2 rings (SSSR count). The minimum atomic E-state index is -3.49. The van der Waals surface area contributed by atoms with Crippen LogP contribution in [0.3, 0.4) is 0 Å². The molecule has 0 spiro atoms. The fraction of sp³-hybridized carbons (Fsp3) is 0.235. The van der Waals surface area contributed by atoms with Crippen LogP contribution in [-0.4, -0.2) is 25.2 Å². The Hall–Kier alpha value is -2.14. The van der Waals surface area contributed by atoms with Crippen molar-refractivity contribution in [1.82, 2.24) is 0 Å². The van der Waals surface area contributed by atoms with E-state index in [1.165, 1.54) is 12.1 Å². The molecular weight excluding hydrogens is 300 g/mol. The van der Waals surface area contributed by atoms with Gasteiger partial charge in [0.05, 0.1) is 10.6 Å². The first-order valence-corrected chi connectivity index (χ1v) is 8.66. The van der Waals surface area contributed by atoms with Gasteiger partial charge in [-0.2, -0.15) is 0 Å². The Balaban J connectivity index is 2.18. The lowest BCUT2D eigenvalue weighted by Crippen LogP contribution is -2.21. The summed E-state index contributed by atoms with van der Waals surface area (Å²) >= 11 is 0. The highest BCUT2D eigenvalue weighted by atomic mass is 32.2. The van der Waals surface area contributed by atoms with Crippen molar-refractivity contribution in [3.8, 4) is 0 Å². The van der Waals surface area contributed by atoms with Gasteiger partial charge in [-0.1, -0.05) is 48.5 Å². The highest BCUT2D eigenvalue weighted by Crippen LogP contribution is 2.19. The lowest BCUT2D eigenvalue weighted by molar-refractivity contribution is -0.137. The molecule has 0 fully saturated rings. The average molecular weight is 318 g/mol. The summed E-state index contributed by atoms with van der Waals surface area (Å²) in [4.78, 5) is 11.3. The third kappa shape index (κ3) is 4.70. The summed E-state index contributed by atoms with van der Waals surface area (Å²) in [5.74, 6) is -1.60. The monoisotopic (exact) mass is 318 g/mol. The fourth-order valence-electron chi connectivity index (χ4n) is 2.42. The predicted octanol–water partition coefficient (Wildman–Crippen LogP) is 2.79. The third-order valence-electron chi connectivity index (χ3n) is 3.39. The van der Waals surface area contributed by atoms with Gasteiger partial charge in [-0.3, -0.25) is 4.79 Å². The molecule has 1 N–H and O–H groups in total. The van der Waals surface area contributed by atoms with Gasteiger partial charge in [0.2, 0.25) is 0 Å². The second-order valence-corrected chi connectivity index (χ2v) is 7.28. The number of carboxylic acid groups (broad SMARTS) is 1. The molecule has 0 saturated carbocycles. The molecule has 4 nitrogen and oxygen atoms in total. The van der Waals surface area contributed by atoms with Gasteiger partial charge in [-0.05, 0) is 30.0 Å². The smallest absolute Gasteiger partial charge is 0.303 e. The van der Waals surface area contributed by atoms with Crippen LogP contribution >= 0.6 is 0 Å². The van der Waals surface area contributed by atoms with Crippen LogP contribution in [0, 0.1) is 5.92 Å². The average Bonchev–Trinajstić information content (AvgIpc) is 2.48. The van der Waals surface area contributed by atoms with E-state index in [0.29, 0.717) is 6.42 Å². The molecule has 0 aliphatic carbocycles. The number of sulfone groups is 1. The highest BCUT2D eigenvalue weighted by molar-refractivity contribution is 7.91. The van der Waals surface area contributed by atoms with Crippen LogP contribution in [0.15, 0.2) is 65.6 Å². The van der Waals surface area contributed by atoms with Crippen molar-refractivity contribution >= 4 is 15.8 Å². The molecule has 0 radical (unpaired) electrons. The molecule has 0 aromatic heterocycles. The van der Waals surface area contributed by atoms with Gasteiger partial charge >= 0.3 is 5.97 Å². The largest absolute Gasteiger partial charge is 0.481 e. The van der Waals surface area contributed by atoms with Gasteiger partial charge in [-0.15, -0.1) is 0 Å². The Morgan fingerprint density at radius 2 is 1.50 bits per heavy atom. The summed E-state index contributed by atoms with van der Waals surface area (Å²) in [5.41, 5.74) is 0.942. The Bertz CT molecular complexity index is 709. The molecule has 0 unspecified atom stereocenters. The summed E-state index contributed by atoms with van der Waals surface area (Å²) in [7, 11) is -3.49. The lowest BCUT2D eigenvalue weighted by atomic mass is 9.98. The number of hydrogen-bond donors (Lipinski definition) is 1. The Morgan fingerprint density at radius 1 is 0.955 bits per heavy atom. The van der Waals surface area contributed by atoms with E-state index in [4.69, 9.17) is 5.11 Å². The quantitative estimate of drug-likeness (QED) is 0.852. The van der Waals surface area contributed by atoms with Crippen molar-refractivity contribution in [2.75, 3.05) is 5.75 Å². The van der Waals surface area contributed by atoms with Gasteiger partial charge in [0.1, 0.15) is 0 Å². The van der Waals surface area contributed by atoms with E-state index in [-0.39, 0.29) is 17.1 Å². The summed E-state index contributed by atoms with van der Waals surface area (Å²) in [6, 6.07) is 17.5. The summed E-state index contributed by atoms with van der Waals surface area (Å²) in [6.45, 7) is 0. The minimum absolute atomic E-state index is 0.166. The van der Waals surface area contributed by atoms with Crippen LogP contribution in [0.5, 0.6) is 0 Å². The van der Waals surface area contributed by atoms with Crippen molar-refractivity contribution in [3.63, 3.8) is 0 Å². The van der Waals surface area contributed by atoms with Crippen molar-refractivity contribution in [3.05, 3.63) is 66.2 Å². The molecule has 22 heavy (non-hydrogen) atoms. The SMILES string of the molecule is O=C(O)C[C@@H](Cc1ccccc1)CS(=O)(=O)c1ccccc1. The molecule has 2 aromatic carbocycles. The van der Waals surface area contributed by atoms with Gasteiger partial charge in [-0.25, -0.2) is 8.42 Å². The molecule has 0 aliphatic heterocycles. The Kier molecular flexibility index (Phi) is 5.33. The van der Waals surface area contributed by atoms with E-state index in [1.54, 1.807) is 18.2 Å². The number of benzene rings is 2. The zero-order valence-corrected chi connectivity index (χ0v) is 12.9. The van der Waals surface area contributed by atoms with Crippen molar-refractivity contribution < 1.29 is 18.3 Å². The standard InChI is InChI=1S/C17H18O4S/c18-17(19)12-15(11-14-7-3-1-4-8-14)13-22(20,21)16-9-5-2-6-10-16/h1-10,15H,11-13H2,(H,18,19)/t15-/m1/s1. The van der Waals surface area contributed by atoms with Gasteiger partial charge < -0.3 is 5.11 Å².